The second kappa shape index (κ2) is 21.8. The van der Waals surface area contributed by atoms with Gasteiger partial charge in [-0.05, 0) is 147 Å². The number of para-hydroxylation sites is 4. The molecule has 0 unspecified atom stereocenters. The Balaban J connectivity index is 0.984. The topological polar surface area (TPSA) is 11.4 Å². The minimum absolute atomic E-state index is 0.0426. The standard InChI is InChI=1S/C92H64BN3/c1-92(2,3)69-48-43-59(44-49-69)68-56-85-89-86(57-68)96(91-74(62-27-12-6-13-28-62)37-22-38-75(91)63-29-14-7-15-30-63)84-58-70(94-81-39-18-16-33-76(81)77-34-17-19-40-82(77)94)50-54-80(84)93(89)79-53-47-67(71-51-45-66-42-41-64-31-20-32-65-46-52-78(71)88(66)87(64)65)55-83(79)95(85)90-72(60-23-8-4-9-24-60)35-21-36-73(90)61-25-10-5-11-26-61/h4-58H,1-3H3. The first-order valence-corrected chi connectivity index (χ1v) is 33.6. The summed E-state index contributed by atoms with van der Waals surface area (Å²) in [5.41, 5.74) is 29.0. The molecule has 3 heterocycles. The Morgan fingerprint density at radius 3 is 1.20 bits per heavy atom. The van der Waals surface area contributed by atoms with Crippen molar-refractivity contribution < 1.29 is 0 Å². The molecule has 2 aliphatic heterocycles. The minimum Gasteiger partial charge on any atom is -0.310 e. The van der Waals surface area contributed by atoms with Gasteiger partial charge in [0.1, 0.15) is 0 Å². The van der Waals surface area contributed by atoms with E-state index in [0.29, 0.717) is 0 Å². The van der Waals surface area contributed by atoms with Gasteiger partial charge in [0.15, 0.2) is 0 Å². The van der Waals surface area contributed by atoms with Gasteiger partial charge in [0, 0.05) is 61.5 Å². The van der Waals surface area contributed by atoms with E-state index in [2.05, 4.69) is 369 Å². The Labute approximate surface area is 560 Å². The summed E-state index contributed by atoms with van der Waals surface area (Å²) < 4.78 is 2.49. The molecule has 450 valence electrons. The lowest BCUT2D eigenvalue weighted by Gasteiger charge is -2.46. The van der Waals surface area contributed by atoms with Crippen LogP contribution in [-0.2, 0) is 5.41 Å². The largest absolute Gasteiger partial charge is 0.310 e. The van der Waals surface area contributed by atoms with Gasteiger partial charge in [-0.1, -0.05) is 312 Å². The van der Waals surface area contributed by atoms with Gasteiger partial charge >= 0.3 is 0 Å². The van der Waals surface area contributed by atoms with Gasteiger partial charge in [0.25, 0.3) is 6.71 Å². The average Bonchev–Trinajstić information content (AvgIpc) is 0.796. The van der Waals surface area contributed by atoms with Crippen LogP contribution >= 0.6 is 0 Å². The average molecular weight is 1220 g/mol. The Hall–Kier alpha value is -12.0. The second-order valence-corrected chi connectivity index (χ2v) is 27.1. The van der Waals surface area contributed by atoms with E-state index in [0.717, 1.165) is 101 Å². The molecular weight excluding hydrogens is 1160 g/mol. The summed E-state index contributed by atoms with van der Waals surface area (Å²) in [4.78, 5) is 5.38. The first-order valence-electron chi connectivity index (χ1n) is 33.6. The zero-order chi connectivity index (χ0) is 63.8. The second-order valence-electron chi connectivity index (χ2n) is 27.1. The van der Waals surface area contributed by atoms with Crippen LogP contribution in [0.2, 0.25) is 0 Å². The molecular formula is C92H64BN3. The molecule has 0 amide bonds. The first kappa shape index (κ1) is 55.6. The zero-order valence-corrected chi connectivity index (χ0v) is 53.7. The van der Waals surface area contributed by atoms with E-state index in [9.17, 15) is 0 Å². The van der Waals surface area contributed by atoms with Crippen LogP contribution in [0.25, 0.3) is 127 Å². The summed E-state index contributed by atoms with van der Waals surface area (Å²) in [5.74, 6) is 0. The molecule has 3 nitrogen and oxygen atoms in total. The molecule has 0 N–H and O–H groups in total. The molecule has 2 aliphatic rings. The van der Waals surface area contributed by atoms with E-state index >= 15 is 0 Å². The highest BCUT2D eigenvalue weighted by molar-refractivity contribution is 7.00. The number of anilines is 6. The summed E-state index contributed by atoms with van der Waals surface area (Å²) in [6.45, 7) is 6.70. The molecule has 0 saturated carbocycles. The molecule has 0 saturated heterocycles. The van der Waals surface area contributed by atoms with Crippen molar-refractivity contribution in [3.8, 4) is 72.4 Å². The van der Waals surface area contributed by atoms with Crippen LogP contribution in [0.5, 0.6) is 0 Å². The molecule has 0 aliphatic carbocycles. The maximum Gasteiger partial charge on any atom is 0.252 e. The van der Waals surface area contributed by atoms with Gasteiger partial charge in [-0.3, -0.25) is 0 Å². The molecule has 1 aromatic heterocycles. The molecule has 17 aromatic rings. The summed E-state index contributed by atoms with van der Waals surface area (Å²) in [5, 5.41) is 10.1. The van der Waals surface area contributed by atoms with Crippen molar-refractivity contribution in [1.82, 2.24) is 4.57 Å². The van der Waals surface area contributed by atoms with E-state index < -0.39 is 0 Å². The number of fused-ring (bicyclic) bond motifs is 7. The first-order chi connectivity index (χ1) is 47.3. The van der Waals surface area contributed by atoms with Crippen molar-refractivity contribution in [1.29, 1.82) is 0 Å². The van der Waals surface area contributed by atoms with Gasteiger partial charge in [-0.2, -0.15) is 0 Å². The van der Waals surface area contributed by atoms with Crippen LogP contribution in [0.3, 0.4) is 0 Å². The van der Waals surface area contributed by atoms with Gasteiger partial charge in [-0.15, -0.1) is 0 Å². The molecule has 0 bridgehead atoms. The summed E-state index contributed by atoms with van der Waals surface area (Å²) >= 11 is 0. The SMILES string of the molecule is CC(C)(C)c1ccc(-c2cc3c4c(c2)N(c2c(-c5ccccc5)cccc2-c2ccccc2)c2cc(-n5c6ccccc6c6ccccc65)ccc2B4c2ccc(-c4ccc5ccc6cccc7ccc4c5c67)cc2N3c2c(-c3ccccc3)cccc2-c2ccccc2)cc1. The fraction of sp³-hybridized carbons (Fsp3) is 0.0435. The molecule has 0 fully saturated rings. The molecule has 4 heteroatoms. The van der Waals surface area contributed by atoms with Gasteiger partial charge < -0.3 is 14.4 Å². The normalized spacial score (nSPS) is 12.7. The van der Waals surface area contributed by atoms with E-state index in [1.54, 1.807) is 0 Å². The molecule has 0 radical (unpaired) electrons. The van der Waals surface area contributed by atoms with E-state index in [1.165, 1.54) is 81.6 Å². The van der Waals surface area contributed by atoms with E-state index in [1.807, 2.05) is 0 Å². The van der Waals surface area contributed by atoms with Crippen molar-refractivity contribution in [2.24, 2.45) is 0 Å². The number of hydrogen-bond donors (Lipinski definition) is 0. The van der Waals surface area contributed by atoms with Crippen LogP contribution in [0.15, 0.2) is 334 Å². The van der Waals surface area contributed by atoms with Gasteiger partial charge in [0.2, 0.25) is 0 Å². The van der Waals surface area contributed by atoms with Crippen molar-refractivity contribution in [2.45, 2.75) is 26.2 Å². The van der Waals surface area contributed by atoms with Crippen LogP contribution in [0.4, 0.5) is 34.1 Å². The highest BCUT2D eigenvalue weighted by atomic mass is 15.2. The summed E-state index contributed by atoms with van der Waals surface area (Å²) in [7, 11) is 0. The Bertz CT molecular complexity index is 5740. The van der Waals surface area contributed by atoms with Crippen molar-refractivity contribution in [3.05, 3.63) is 339 Å². The lowest BCUT2D eigenvalue weighted by Crippen LogP contribution is -2.61. The number of rotatable bonds is 9. The maximum atomic E-state index is 2.69. The predicted molar refractivity (Wildman–Crippen MR) is 410 cm³/mol. The van der Waals surface area contributed by atoms with Crippen LogP contribution in [-0.4, -0.2) is 11.3 Å². The summed E-state index contributed by atoms with van der Waals surface area (Å²) in [6.07, 6.45) is 0. The Morgan fingerprint density at radius 1 is 0.271 bits per heavy atom. The molecule has 0 atom stereocenters. The van der Waals surface area contributed by atoms with Gasteiger partial charge in [-0.25, -0.2) is 0 Å². The Morgan fingerprint density at radius 2 is 0.688 bits per heavy atom. The monoisotopic (exact) mass is 1220 g/mol. The maximum absolute atomic E-state index is 2.69. The lowest BCUT2D eigenvalue weighted by atomic mass is 9.33. The van der Waals surface area contributed by atoms with E-state index in [4.69, 9.17) is 0 Å². The number of nitrogens with zero attached hydrogens (tertiary/aromatic N) is 3. The van der Waals surface area contributed by atoms with Crippen molar-refractivity contribution in [3.63, 3.8) is 0 Å². The number of aromatic nitrogens is 1. The van der Waals surface area contributed by atoms with Gasteiger partial charge in [0.05, 0.1) is 22.4 Å². The third-order valence-corrected chi connectivity index (χ3v) is 20.7. The molecule has 96 heavy (non-hydrogen) atoms. The Kier molecular flexibility index (Phi) is 12.6. The fourth-order valence-corrected chi connectivity index (χ4v) is 16.3. The smallest absolute Gasteiger partial charge is 0.252 e. The number of benzene rings is 16. The molecule has 16 aromatic carbocycles. The highest BCUT2D eigenvalue weighted by Gasteiger charge is 2.46. The molecule has 0 spiro atoms. The van der Waals surface area contributed by atoms with Crippen molar-refractivity contribution in [2.75, 3.05) is 9.80 Å². The zero-order valence-electron chi connectivity index (χ0n) is 53.7. The third-order valence-electron chi connectivity index (χ3n) is 20.7. The van der Waals surface area contributed by atoms with Crippen molar-refractivity contribution >= 4 is 111 Å². The quantitative estimate of drug-likeness (QED) is 0.105. The highest BCUT2D eigenvalue weighted by Crippen LogP contribution is 2.55. The van der Waals surface area contributed by atoms with Crippen LogP contribution in [0.1, 0.15) is 26.3 Å². The van der Waals surface area contributed by atoms with Crippen LogP contribution in [0, 0.1) is 0 Å². The van der Waals surface area contributed by atoms with E-state index in [-0.39, 0.29) is 12.1 Å². The van der Waals surface area contributed by atoms with Crippen LogP contribution < -0.4 is 26.2 Å². The molecule has 19 rings (SSSR count). The predicted octanol–water partition coefficient (Wildman–Crippen LogP) is 23.1. The number of hydrogen-bond acceptors (Lipinski definition) is 2. The fourth-order valence-electron chi connectivity index (χ4n) is 16.3. The minimum atomic E-state index is -0.222. The summed E-state index contributed by atoms with van der Waals surface area (Å²) in [6, 6.07) is 126. The third kappa shape index (κ3) is 8.68. The lowest BCUT2D eigenvalue weighted by molar-refractivity contribution is 0.590.